The number of nitrogens with zero attached hydrogens (tertiary/aromatic N) is 3. The van der Waals surface area contributed by atoms with Crippen LogP contribution in [0.3, 0.4) is 0 Å². The monoisotopic (exact) mass is 464 g/mol. The number of H-pyrrole nitrogens is 1. The van der Waals surface area contributed by atoms with Crippen molar-refractivity contribution in [1.29, 1.82) is 0 Å². The van der Waals surface area contributed by atoms with Gasteiger partial charge < -0.3 is 15.0 Å². The van der Waals surface area contributed by atoms with Gasteiger partial charge in [0, 0.05) is 30.5 Å². The van der Waals surface area contributed by atoms with Gasteiger partial charge >= 0.3 is 0 Å². The van der Waals surface area contributed by atoms with Crippen LogP contribution in [0.15, 0.2) is 59.5 Å². The van der Waals surface area contributed by atoms with Crippen molar-refractivity contribution in [3.05, 3.63) is 76.7 Å². The minimum Gasteiger partial charge on any atom is -0.393 e. The number of aromatic nitrogens is 3. The van der Waals surface area contributed by atoms with Crippen molar-refractivity contribution in [2.24, 2.45) is 5.92 Å². The smallest absolute Gasteiger partial charge is 0.259 e. The molecule has 1 atom stereocenters. The number of aliphatic hydroxyl groups is 1. The Hall–Kier alpha value is -3.52. The first-order valence-electron chi connectivity index (χ1n) is 11.5. The summed E-state index contributed by atoms with van der Waals surface area (Å²) in [5.41, 5.74) is 1.75. The normalized spacial score (nSPS) is 15.7. The number of hydrogen-bond donors (Lipinski definition) is 2. The fourth-order valence-corrected chi connectivity index (χ4v) is 4.88. The lowest BCUT2D eigenvalue weighted by Gasteiger charge is -2.34. The van der Waals surface area contributed by atoms with Crippen molar-refractivity contribution < 1.29 is 13.9 Å². The van der Waals surface area contributed by atoms with Crippen molar-refractivity contribution in [2.75, 3.05) is 18.0 Å². The highest BCUT2D eigenvalue weighted by molar-refractivity contribution is 5.93. The molecule has 1 saturated heterocycles. The first-order valence-corrected chi connectivity index (χ1v) is 11.5. The van der Waals surface area contributed by atoms with Crippen LogP contribution in [0.1, 0.15) is 26.2 Å². The van der Waals surface area contributed by atoms with Gasteiger partial charge in [-0.2, -0.15) is 5.10 Å². The fraction of sp³-hybridized carbons (Fsp3) is 0.308. The van der Waals surface area contributed by atoms with Crippen molar-refractivity contribution in [2.45, 2.75) is 32.3 Å². The van der Waals surface area contributed by atoms with Crippen LogP contribution in [0.25, 0.3) is 27.8 Å². The van der Waals surface area contributed by atoms with Crippen molar-refractivity contribution in [3.8, 4) is 16.9 Å². The molecular weight excluding hydrogens is 438 g/mol. The molecule has 2 aromatic heterocycles. The SMILES string of the molecule is CC(O)CC1CCN(c2ccc(-c3nn(-c4c(F)cccc4F)c4cc[nH]c(=O)c34)cc2)CC1. The third-order valence-corrected chi connectivity index (χ3v) is 6.55. The summed E-state index contributed by atoms with van der Waals surface area (Å²) in [5, 5.41) is 14.4. The summed E-state index contributed by atoms with van der Waals surface area (Å²) < 4.78 is 30.2. The number of halogens is 2. The van der Waals surface area contributed by atoms with Crippen LogP contribution >= 0.6 is 0 Å². The third-order valence-electron chi connectivity index (χ3n) is 6.55. The quantitative estimate of drug-likeness (QED) is 0.451. The summed E-state index contributed by atoms with van der Waals surface area (Å²) in [4.78, 5) is 17.6. The van der Waals surface area contributed by atoms with Gasteiger partial charge in [-0.15, -0.1) is 0 Å². The molecule has 0 spiro atoms. The van der Waals surface area contributed by atoms with E-state index in [2.05, 4.69) is 15.0 Å². The molecule has 1 fully saturated rings. The molecule has 2 aromatic carbocycles. The number of fused-ring (bicyclic) bond motifs is 1. The van der Waals surface area contributed by atoms with Crippen LogP contribution in [0.4, 0.5) is 14.5 Å². The molecule has 0 saturated carbocycles. The maximum Gasteiger partial charge on any atom is 0.259 e. The second-order valence-electron chi connectivity index (χ2n) is 8.96. The maximum absolute atomic E-state index is 14.5. The van der Waals surface area contributed by atoms with Gasteiger partial charge in [0.15, 0.2) is 11.6 Å². The zero-order chi connectivity index (χ0) is 23.8. The lowest BCUT2D eigenvalue weighted by molar-refractivity contribution is 0.152. The molecule has 5 rings (SSSR count). The van der Waals surface area contributed by atoms with E-state index in [1.807, 2.05) is 31.2 Å². The maximum atomic E-state index is 14.5. The average Bonchev–Trinajstić information content (AvgIpc) is 3.20. The molecule has 176 valence electrons. The van der Waals surface area contributed by atoms with Crippen molar-refractivity contribution >= 4 is 16.6 Å². The van der Waals surface area contributed by atoms with Gasteiger partial charge in [-0.25, -0.2) is 13.5 Å². The number of pyridine rings is 1. The predicted molar refractivity (Wildman–Crippen MR) is 128 cm³/mol. The summed E-state index contributed by atoms with van der Waals surface area (Å²) in [7, 11) is 0. The number of hydrogen-bond acceptors (Lipinski definition) is 4. The second kappa shape index (κ2) is 9.02. The van der Waals surface area contributed by atoms with E-state index in [0.717, 1.165) is 54.9 Å². The molecule has 0 bridgehead atoms. The first kappa shape index (κ1) is 22.3. The van der Waals surface area contributed by atoms with Crippen molar-refractivity contribution in [3.63, 3.8) is 0 Å². The molecule has 2 N–H and O–H groups in total. The summed E-state index contributed by atoms with van der Waals surface area (Å²) in [6.07, 6.45) is 4.07. The molecule has 0 amide bonds. The summed E-state index contributed by atoms with van der Waals surface area (Å²) >= 11 is 0. The van der Waals surface area contributed by atoms with Crippen LogP contribution in [-0.4, -0.2) is 39.1 Å². The van der Waals surface area contributed by atoms with E-state index in [1.54, 1.807) is 6.07 Å². The number of anilines is 1. The molecule has 34 heavy (non-hydrogen) atoms. The lowest BCUT2D eigenvalue weighted by Crippen LogP contribution is -2.34. The Bertz CT molecular complexity index is 1350. The molecule has 1 aliphatic heterocycles. The summed E-state index contributed by atoms with van der Waals surface area (Å²) in [5.74, 6) is -0.979. The highest BCUT2D eigenvalue weighted by Gasteiger charge is 2.23. The Kier molecular flexibility index (Phi) is 5.91. The standard InChI is InChI=1S/C26H26F2N4O2/c1-16(33)15-17-10-13-31(14-11-17)19-7-5-18(6-8-19)24-23-22(9-12-29-26(23)34)32(30-24)25-20(27)3-2-4-21(25)28/h2-9,12,16-17,33H,10-11,13-15H2,1H3,(H,29,34). The molecule has 4 aromatic rings. The Balaban J connectivity index is 1.49. The van der Waals surface area contributed by atoms with Gasteiger partial charge in [0.2, 0.25) is 0 Å². The van der Waals surface area contributed by atoms with Gasteiger partial charge in [-0.1, -0.05) is 18.2 Å². The van der Waals surface area contributed by atoms with E-state index < -0.39 is 11.6 Å². The molecule has 8 heteroatoms. The number of benzene rings is 2. The number of para-hydroxylation sites is 1. The van der Waals surface area contributed by atoms with Crippen LogP contribution in [0, 0.1) is 17.6 Å². The topological polar surface area (TPSA) is 74.2 Å². The molecule has 6 nitrogen and oxygen atoms in total. The zero-order valence-electron chi connectivity index (χ0n) is 18.8. The number of piperidine rings is 1. The number of aliphatic hydroxyl groups excluding tert-OH is 1. The van der Waals surface area contributed by atoms with E-state index in [0.29, 0.717) is 22.7 Å². The minimum atomic E-state index is -0.759. The zero-order valence-corrected chi connectivity index (χ0v) is 18.8. The largest absolute Gasteiger partial charge is 0.393 e. The predicted octanol–water partition coefficient (Wildman–Crippen LogP) is 4.65. The fourth-order valence-electron chi connectivity index (χ4n) is 4.88. The van der Waals surface area contributed by atoms with Crippen LogP contribution in [0.5, 0.6) is 0 Å². The van der Waals surface area contributed by atoms with Crippen molar-refractivity contribution in [1.82, 2.24) is 14.8 Å². The third kappa shape index (κ3) is 4.09. The van der Waals surface area contributed by atoms with E-state index in [-0.39, 0.29) is 22.7 Å². The number of nitrogens with one attached hydrogen (secondary N) is 1. The molecule has 3 heterocycles. The van der Waals surface area contributed by atoms with Crippen LogP contribution in [0.2, 0.25) is 0 Å². The molecule has 0 radical (unpaired) electrons. The number of aromatic amines is 1. The van der Waals surface area contributed by atoms with E-state index in [1.165, 1.54) is 12.3 Å². The Labute approximate surface area is 195 Å². The Morgan fingerprint density at radius 2 is 1.76 bits per heavy atom. The minimum absolute atomic E-state index is 0.272. The van der Waals surface area contributed by atoms with E-state index in [4.69, 9.17) is 0 Å². The van der Waals surface area contributed by atoms with Crippen LogP contribution in [-0.2, 0) is 0 Å². The highest BCUT2D eigenvalue weighted by Crippen LogP contribution is 2.32. The molecule has 1 unspecified atom stereocenters. The lowest BCUT2D eigenvalue weighted by atomic mass is 9.91. The van der Waals surface area contributed by atoms with Gasteiger partial charge in [-0.3, -0.25) is 4.79 Å². The molecule has 0 aliphatic carbocycles. The number of rotatable bonds is 5. The Morgan fingerprint density at radius 1 is 1.09 bits per heavy atom. The van der Waals surface area contributed by atoms with E-state index >= 15 is 0 Å². The van der Waals surface area contributed by atoms with Gasteiger partial charge in [0.25, 0.3) is 5.56 Å². The van der Waals surface area contributed by atoms with Gasteiger partial charge in [0.05, 0.1) is 17.0 Å². The summed E-state index contributed by atoms with van der Waals surface area (Å²) in [6.45, 7) is 3.67. The van der Waals surface area contributed by atoms with Gasteiger partial charge in [0.1, 0.15) is 11.4 Å². The average molecular weight is 465 g/mol. The summed E-state index contributed by atoms with van der Waals surface area (Å²) in [6, 6.07) is 12.9. The Morgan fingerprint density at radius 3 is 2.41 bits per heavy atom. The molecular formula is C26H26F2N4O2. The second-order valence-corrected chi connectivity index (χ2v) is 8.96. The van der Waals surface area contributed by atoms with Crippen LogP contribution < -0.4 is 10.5 Å². The first-order chi connectivity index (χ1) is 16.4. The van der Waals surface area contributed by atoms with E-state index in [9.17, 15) is 18.7 Å². The highest BCUT2D eigenvalue weighted by atomic mass is 19.1. The molecule has 1 aliphatic rings. The van der Waals surface area contributed by atoms with Gasteiger partial charge in [-0.05, 0) is 62.4 Å².